The maximum absolute atomic E-state index is 13.5. The number of ether oxygens (including phenoxy) is 1. The van der Waals surface area contributed by atoms with E-state index in [-0.39, 0.29) is 23.7 Å². The van der Waals surface area contributed by atoms with Crippen LogP contribution in [0.25, 0.3) is 11.1 Å². The molecule has 2 aliphatic heterocycles. The summed E-state index contributed by atoms with van der Waals surface area (Å²) in [6.45, 7) is 5.21. The Hall–Kier alpha value is -3.50. The molecule has 200 valence electrons. The van der Waals surface area contributed by atoms with Gasteiger partial charge in [-0.15, -0.1) is 0 Å². The van der Waals surface area contributed by atoms with E-state index >= 15 is 0 Å². The molecule has 0 spiro atoms. The topological polar surface area (TPSA) is 79.4 Å². The highest BCUT2D eigenvalue weighted by atomic mass is 19.4. The first-order chi connectivity index (χ1) is 18.3. The maximum atomic E-state index is 13.5. The van der Waals surface area contributed by atoms with E-state index in [1.807, 2.05) is 36.1 Å². The summed E-state index contributed by atoms with van der Waals surface area (Å²) in [5.41, 5.74) is 2.57. The first kappa shape index (κ1) is 26.1. The molecule has 0 radical (unpaired) electrons. The Morgan fingerprint density at radius 3 is 2.58 bits per heavy atom. The molecule has 5 rings (SSSR count). The van der Waals surface area contributed by atoms with Gasteiger partial charge < -0.3 is 20.3 Å². The van der Waals surface area contributed by atoms with Crippen molar-refractivity contribution < 1.29 is 22.7 Å². The van der Waals surface area contributed by atoms with Crippen LogP contribution in [0.3, 0.4) is 0 Å². The lowest BCUT2D eigenvalue weighted by Gasteiger charge is -2.26. The lowest BCUT2D eigenvalue weighted by atomic mass is 9.91. The predicted molar refractivity (Wildman–Crippen MR) is 138 cm³/mol. The van der Waals surface area contributed by atoms with Crippen LogP contribution in [0.1, 0.15) is 59.0 Å². The molecule has 38 heavy (non-hydrogen) atoms. The van der Waals surface area contributed by atoms with Crippen LogP contribution in [0, 0.1) is 0 Å². The van der Waals surface area contributed by atoms with Gasteiger partial charge in [0.15, 0.2) is 0 Å². The predicted octanol–water partition coefficient (Wildman–Crippen LogP) is 4.91. The Kier molecular flexibility index (Phi) is 7.62. The Morgan fingerprint density at radius 1 is 1.13 bits per heavy atom. The number of benzene rings is 2. The van der Waals surface area contributed by atoms with Gasteiger partial charge in [-0.2, -0.15) is 13.2 Å². The molecule has 3 aromatic rings. The third-order valence-corrected chi connectivity index (χ3v) is 7.06. The Labute approximate surface area is 219 Å². The number of nitrogens with one attached hydrogen (secondary N) is 2. The van der Waals surface area contributed by atoms with Crippen LogP contribution in [0.15, 0.2) is 54.7 Å². The van der Waals surface area contributed by atoms with Gasteiger partial charge in [0.2, 0.25) is 5.95 Å². The van der Waals surface area contributed by atoms with Crippen LogP contribution in [0.2, 0.25) is 0 Å². The molecule has 10 heteroatoms. The number of alkyl halides is 3. The number of carbonyl (C=O) groups is 1. The monoisotopic (exact) mass is 525 g/mol. The SMILES string of the molecule is C[C@@H](NC(=O)c1ccnc(N2CCOCC2)n1)c1ccc(-c2cc(C(F)(F)F)ccc2C2CCCN2)cc1. The van der Waals surface area contributed by atoms with Crippen molar-refractivity contribution in [2.45, 2.75) is 38.0 Å². The molecule has 2 atom stereocenters. The number of morpholine rings is 1. The van der Waals surface area contributed by atoms with Gasteiger partial charge in [-0.25, -0.2) is 9.97 Å². The van der Waals surface area contributed by atoms with Crippen LogP contribution in [-0.2, 0) is 10.9 Å². The molecule has 0 saturated carbocycles. The second-order valence-electron chi connectivity index (χ2n) is 9.61. The molecular weight excluding hydrogens is 495 g/mol. The molecule has 1 aromatic heterocycles. The first-order valence-corrected chi connectivity index (χ1v) is 12.8. The summed E-state index contributed by atoms with van der Waals surface area (Å²) in [4.78, 5) is 23.6. The normalized spacial score (nSPS) is 18.8. The largest absolute Gasteiger partial charge is 0.416 e. The molecule has 1 unspecified atom stereocenters. The zero-order chi connectivity index (χ0) is 26.7. The van der Waals surface area contributed by atoms with Crippen molar-refractivity contribution in [1.82, 2.24) is 20.6 Å². The van der Waals surface area contributed by atoms with Gasteiger partial charge in [-0.05, 0) is 66.8 Å². The molecule has 2 fully saturated rings. The zero-order valence-corrected chi connectivity index (χ0v) is 21.1. The van der Waals surface area contributed by atoms with Crippen molar-refractivity contribution in [3.63, 3.8) is 0 Å². The van der Waals surface area contributed by atoms with E-state index in [9.17, 15) is 18.0 Å². The van der Waals surface area contributed by atoms with Crippen molar-refractivity contribution in [3.8, 4) is 11.1 Å². The van der Waals surface area contributed by atoms with E-state index in [4.69, 9.17) is 4.74 Å². The quantitative estimate of drug-likeness (QED) is 0.476. The second kappa shape index (κ2) is 11.1. The minimum atomic E-state index is -4.42. The number of hydrogen-bond acceptors (Lipinski definition) is 6. The van der Waals surface area contributed by atoms with E-state index in [1.165, 1.54) is 6.07 Å². The van der Waals surface area contributed by atoms with E-state index in [0.29, 0.717) is 43.4 Å². The molecular formula is C28H30F3N5O2. The number of nitrogens with zero attached hydrogens (tertiary/aromatic N) is 3. The van der Waals surface area contributed by atoms with Crippen molar-refractivity contribution in [3.05, 3.63) is 77.1 Å². The van der Waals surface area contributed by atoms with Crippen molar-refractivity contribution in [2.75, 3.05) is 37.7 Å². The minimum Gasteiger partial charge on any atom is -0.378 e. The van der Waals surface area contributed by atoms with Crippen LogP contribution in [0.5, 0.6) is 0 Å². The lowest BCUT2D eigenvalue weighted by Crippen LogP contribution is -2.37. The summed E-state index contributed by atoms with van der Waals surface area (Å²) in [6.07, 6.45) is -0.979. The first-order valence-electron chi connectivity index (χ1n) is 12.8. The second-order valence-corrected chi connectivity index (χ2v) is 9.61. The summed E-state index contributed by atoms with van der Waals surface area (Å²) in [5, 5.41) is 6.34. The minimum absolute atomic E-state index is 0.0281. The average Bonchev–Trinajstić information content (AvgIpc) is 3.48. The Balaban J connectivity index is 1.33. The van der Waals surface area contributed by atoms with Crippen LogP contribution in [-0.4, -0.2) is 48.7 Å². The fourth-order valence-corrected chi connectivity index (χ4v) is 4.93. The van der Waals surface area contributed by atoms with Crippen LogP contribution < -0.4 is 15.5 Å². The molecule has 0 aliphatic carbocycles. The van der Waals surface area contributed by atoms with Gasteiger partial charge >= 0.3 is 6.18 Å². The summed E-state index contributed by atoms with van der Waals surface area (Å²) >= 11 is 0. The highest BCUT2D eigenvalue weighted by Gasteiger charge is 2.32. The van der Waals surface area contributed by atoms with Gasteiger partial charge in [0.25, 0.3) is 5.91 Å². The lowest BCUT2D eigenvalue weighted by molar-refractivity contribution is -0.137. The number of carbonyl (C=O) groups excluding carboxylic acids is 1. The number of hydrogen-bond donors (Lipinski definition) is 2. The highest BCUT2D eigenvalue weighted by molar-refractivity contribution is 5.92. The molecule has 3 heterocycles. The van der Waals surface area contributed by atoms with E-state index in [0.717, 1.165) is 36.6 Å². The van der Waals surface area contributed by atoms with Gasteiger partial charge in [0.1, 0.15) is 5.69 Å². The smallest absolute Gasteiger partial charge is 0.378 e. The Morgan fingerprint density at radius 2 is 1.89 bits per heavy atom. The Bertz CT molecular complexity index is 1270. The molecule has 2 saturated heterocycles. The molecule has 2 aromatic carbocycles. The zero-order valence-electron chi connectivity index (χ0n) is 21.1. The van der Waals surface area contributed by atoms with Crippen molar-refractivity contribution in [1.29, 1.82) is 0 Å². The van der Waals surface area contributed by atoms with E-state index in [2.05, 4.69) is 20.6 Å². The molecule has 2 aliphatic rings. The van der Waals surface area contributed by atoms with Gasteiger partial charge in [-0.1, -0.05) is 30.3 Å². The van der Waals surface area contributed by atoms with E-state index in [1.54, 1.807) is 18.3 Å². The van der Waals surface area contributed by atoms with Gasteiger partial charge in [0.05, 0.1) is 24.8 Å². The molecule has 0 bridgehead atoms. The van der Waals surface area contributed by atoms with Crippen LogP contribution >= 0.6 is 0 Å². The number of aromatic nitrogens is 2. The number of anilines is 1. The van der Waals surface area contributed by atoms with Crippen LogP contribution in [0.4, 0.5) is 19.1 Å². The molecule has 1 amide bonds. The third kappa shape index (κ3) is 5.81. The van der Waals surface area contributed by atoms with Crippen molar-refractivity contribution >= 4 is 11.9 Å². The van der Waals surface area contributed by atoms with Crippen molar-refractivity contribution in [2.24, 2.45) is 0 Å². The van der Waals surface area contributed by atoms with E-state index < -0.39 is 11.7 Å². The summed E-state index contributed by atoms with van der Waals surface area (Å²) in [7, 11) is 0. The summed E-state index contributed by atoms with van der Waals surface area (Å²) in [6, 6.07) is 12.5. The summed E-state index contributed by atoms with van der Waals surface area (Å²) in [5.74, 6) is 0.164. The average molecular weight is 526 g/mol. The van der Waals surface area contributed by atoms with Gasteiger partial charge in [-0.3, -0.25) is 4.79 Å². The fraction of sp³-hybridized carbons (Fsp3) is 0.393. The summed E-state index contributed by atoms with van der Waals surface area (Å²) < 4.78 is 45.8. The fourth-order valence-electron chi connectivity index (χ4n) is 4.93. The number of halogens is 3. The molecule has 2 N–H and O–H groups in total. The highest BCUT2D eigenvalue weighted by Crippen LogP contribution is 2.38. The van der Waals surface area contributed by atoms with Gasteiger partial charge in [0, 0.05) is 25.3 Å². The number of rotatable bonds is 6. The standard InChI is InChI=1S/C28H30F3N5O2/c1-18(34-26(37)25-10-12-33-27(35-25)36-13-15-38-16-14-36)19-4-6-20(7-5-19)23-17-21(28(29,30)31)8-9-22(23)24-3-2-11-32-24/h4-10,12,17-18,24,32H,2-3,11,13-16H2,1H3,(H,34,37)/t18-,24?/m1/s1. The molecule has 7 nitrogen and oxygen atoms in total. The maximum Gasteiger partial charge on any atom is 0.416 e. The number of amides is 1. The third-order valence-electron chi connectivity index (χ3n) is 7.06.